The van der Waals surface area contributed by atoms with E-state index in [-0.39, 0.29) is 28.2 Å². The highest BCUT2D eigenvalue weighted by molar-refractivity contribution is 6.35. The van der Waals surface area contributed by atoms with Crippen molar-refractivity contribution in [3.63, 3.8) is 0 Å². The van der Waals surface area contributed by atoms with Gasteiger partial charge in [-0.2, -0.15) is 0 Å². The summed E-state index contributed by atoms with van der Waals surface area (Å²) in [5.74, 6) is -0.182. The summed E-state index contributed by atoms with van der Waals surface area (Å²) in [6.07, 6.45) is 1.37. The summed E-state index contributed by atoms with van der Waals surface area (Å²) in [5.41, 5.74) is 0.345. The summed E-state index contributed by atoms with van der Waals surface area (Å²) in [6.45, 7) is 2.07. The quantitative estimate of drug-likeness (QED) is 0.793. The first-order valence-corrected chi connectivity index (χ1v) is 6.96. The maximum Gasteiger partial charge on any atom is 0.317 e. The number of piperazine rings is 1. The minimum Gasteiger partial charge on any atom is -0.336 e. The molecule has 2 saturated heterocycles. The fraction of sp³-hybridized carbons (Fsp3) is 0.417. The van der Waals surface area contributed by atoms with Crippen LogP contribution in [-0.4, -0.2) is 58.9 Å². The van der Waals surface area contributed by atoms with Crippen LogP contribution in [0.1, 0.15) is 10.4 Å². The predicted octanol–water partition coefficient (Wildman–Crippen LogP) is 1.24. The Kier molecular flexibility index (Phi) is 3.43. The molecule has 1 aromatic heterocycles. The Morgan fingerprint density at radius 3 is 3.00 bits per heavy atom. The number of fused-ring (bicyclic) bond motifs is 1. The van der Waals surface area contributed by atoms with E-state index in [1.807, 2.05) is 0 Å². The zero-order valence-corrected chi connectivity index (χ0v) is 12.0. The normalized spacial score (nSPS) is 21.7. The summed E-state index contributed by atoms with van der Waals surface area (Å²) in [5, 5.41) is 3.28. The molecule has 1 unspecified atom stereocenters. The van der Waals surface area contributed by atoms with Crippen molar-refractivity contribution in [2.24, 2.45) is 0 Å². The number of urea groups is 1. The third-order valence-electron chi connectivity index (χ3n) is 3.57. The molecule has 1 N–H and O–H groups in total. The Morgan fingerprint density at radius 1 is 1.40 bits per heavy atom. The van der Waals surface area contributed by atoms with Crippen molar-refractivity contribution in [2.75, 3.05) is 26.2 Å². The summed E-state index contributed by atoms with van der Waals surface area (Å²) < 4.78 is 0. The van der Waals surface area contributed by atoms with Gasteiger partial charge in [0.15, 0.2) is 0 Å². The van der Waals surface area contributed by atoms with E-state index in [2.05, 4.69) is 10.3 Å². The molecule has 0 bridgehead atoms. The summed E-state index contributed by atoms with van der Waals surface area (Å²) in [7, 11) is 0. The molecule has 1 atom stereocenters. The molecule has 2 fully saturated rings. The Balaban J connectivity index is 1.78. The van der Waals surface area contributed by atoms with Gasteiger partial charge in [0.25, 0.3) is 5.91 Å². The van der Waals surface area contributed by atoms with E-state index in [0.717, 1.165) is 0 Å². The number of pyridine rings is 1. The van der Waals surface area contributed by atoms with Gasteiger partial charge in [0, 0.05) is 32.4 Å². The molecule has 8 heteroatoms. The molecule has 20 heavy (non-hydrogen) atoms. The minimum absolute atomic E-state index is 0.0243. The molecular formula is C12H12Cl2N4O2. The molecule has 2 aliphatic heterocycles. The molecular weight excluding hydrogens is 303 g/mol. The van der Waals surface area contributed by atoms with Gasteiger partial charge in [0.2, 0.25) is 0 Å². The number of rotatable bonds is 1. The molecule has 3 heterocycles. The van der Waals surface area contributed by atoms with E-state index in [1.165, 1.54) is 12.3 Å². The lowest BCUT2D eigenvalue weighted by molar-refractivity contribution is 0.0617. The van der Waals surface area contributed by atoms with Crippen LogP contribution in [0.5, 0.6) is 0 Å². The Morgan fingerprint density at radius 2 is 2.20 bits per heavy atom. The first kappa shape index (κ1) is 13.5. The Hall–Kier alpha value is -1.53. The van der Waals surface area contributed by atoms with Gasteiger partial charge in [-0.1, -0.05) is 23.2 Å². The third kappa shape index (κ3) is 2.29. The van der Waals surface area contributed by atoms with Gasteiger partial charge in [0.1, 0.15) is 5.15 Å². The molecule has 0 spiro atoms. The van der Waals surface area contributed by atoms with Crippen LogP contribution in [0, 0.1) is 0 Å². The lowest BCUT2D eigenvalue weighted by Crippen LogP contribution is -2.53. The summed E-state index contributed by atoms with van der Waals surface area (Å²) in [4.78, 5) is 31.3. The summed E-state index contributed by atoms with van der Waals surface area (Å²) >= 11 is 11.8. The standard InChI is InChI=1S/C12H12Cl2N4O2/c13-9-5-15-10(14)3-8(9)11(19)17-1-2-18-7(6-17)4-16-12(18)20/h3,5,7H,1-2,4,6H2,(H,16,20). The first-order chi connectivity index (χ1) is 9.56. The second-order valence-electron chi connectivity index (χ2n) is 4.77. The number of hydrogen-bond acceptors (Lipinski definition) is 3. The zero-order valence-electron chi connectivity index (χ0n) is 10.5. The number of aromatic nitrogens is 1. The molecule has 106 valence electrons. The molecule has 6 nitrogen and oxygen atoms in total. The van der Waals surface area contributed by atoms with E-state index in [0.29, 0.717) is 31.7 Å². The van der Waals surface area contributed by atoms with Crippen molar-refractivity contribution in [3.8, 4) is 0 Å². The van der Waals surface area contributed by atoms with Gasteiger partial charge in [0.05, 0.1) is 16.6 Å². The van der Waals surface area contributed by atoms with Crippen molar-refractivity contribution < 1.29 is 9.59 Å². The van der Waals surface area contributed by atoms with E-state index in [1.54, 1.807) is 9.80 Å². The Bertz CT molecular complexity index is 581. The number of nitrogens with zero attached hydrogens (tertiary/aromatic N) is 3. The number of carbonyl (C=O) groups excluding carboxylic acids is 2. The minimum atomic E-state index is -0.182. The van der Waals surface area contributed by atoms with Crippen molar-refractivity contribution in [1.82, 2.24) is 20.1 Å². The lowest BCUT2D eigenvalue weighted by Gasteiger charge is -2.36. The number of halogens is 2. The second-order valence-corrected chi connectivity index (χ2v) is 5.57. The van der Waals surface area contributed by atoms with E-state index < -0.39 is 0 Å². The fourth-order valence-electron chi connectivity index (χ4n) is 2.54. The third-order valence-corrected chi connectivity index (χ3v) is 4.08. The highest BCUT2D eigenvalue weighted by Crippen LogP contribution is 2.22. The van der Waals surface area contributed by atoms with Crippen LogP contribution in [0.2, 0.25) is 10.2 Å². The van der Waals surface area contributed by atoms with Gasteiger partial charge < -0.3 is 15.1 Å². The number of nitrogens with one attached hydrogen (secondary N) is 1. The second kappa shape index (κ2) is 5.10. The number of hydrogen-bond donors (Lipinski definition) is 1. The van der Waals surface area contributed by atoms with Crippen LogP contribution < -0.4 is 5.32 Å². The topological polar surface area (TPSA) is 65.5 Å². The van der Waals surface area contributed by atoms with Crippen molar-refractivity contribution >= 4 is 35.1 Å². The maximum absolute atomic E-state index is 12.5. The van der Waals surface area contributed by atoms with E-state index in [9.17, 15) is 9.59 Å². The van der Waals surface area contributed by atoms with Gasteiger partial charge in [-0.3, -0.25) is 4.79 Å². The SMILES string of the molecule is O=C(c1cc(Cl)ncc1Cl)N1CCN2C(=O)NCC2C1. The lowest BCUT2D eigenvalue weighted by atomic mass is 10.1. The average Bonchev–Trinajstić information content (AvgIpc) is 2.82. The molecule has 0 aliphatic carbocycles. The highest BCUT2D eigenvalue weighted by Gasteiger charge is 2.37. The van der Waals surface area contributed by atoms with Crippen LogP contribution in [0.4, 0.5) is 4.79 Å². The summed E-state index contributed by atoms with van der Waals surface area (Å²) in [6, 6.07) is 1.43. The van der Waals surface area contributed by atoms with Gasteiger partial charge in [-0.05, 0) is 6.07 Å². The maximum atomic E-state index is 12.5. The van der Waals surface area contributed by atoms with Crippen molar-refractivity contribution in [3.05, 3.63) is 28.0 Å². The Labute approximate surface area is 125 Å². The fourth-order valence-corrected chi connectivity index (χ4v) is 2.88. The van der Waals surface area contributed by atoms with Crippen LogP contribution >= 0.6 is 23.2 Å². The van der Waals surface area contributed by atoms with Crippen molar-refractivity contribution in [2.45, 2.75) is 6.04 Å². The molecule has 0 radical (unpaired) electrons. The van der Waals surface area contributed by atoms with Gasteiger partial charge in [-0.25, -0.2) is 9.78 Å². The van der Waals surface area contributed by atoms with Crippen molar-refractivity contribution in [1.29, 1.82) is 0 Å². The largest absolute Gasteiger partial charge is 0.336 e. The smallest absolute Gasteiger partial charge is 0.317 e. The molecule has 3 amide bonds. The zero-order chi connectivity index (χ0) is 14.3. The molecule has 0 saturated carbocycles. The molecule has 0 aromatic carbocycles. The average molecular weight is 315 g/mol. The highest BCUT2D eigenvalue weighted by atomic mass is 35.5. The first-order valence-electron chi connectivity index (χ1n) is 6.21. The molecule has 3 rings (SSSR count). The van der Waals surface area contributed by atoms with Crippen LogP contribution in [-0.2, 0) is 0 Å². The number of carbonyl (C=O) groups is 2. The van der Waals surface area contributed by atoms with Gasteiger partial charge in [-0.15, -0.1) is 0 Å². The van der Waals surface area contributed by atoms with Crippen LogP contribution in [0.3, 0.4) is 0 Å². The van der Waals surface area contributed by atoms with Crippen LogP contribution in [0.25, 0.3) is 0 Å². The molecule has 2 aliphatic rings. The predicted molar refractivity (Wildman–Crippen MR) is 74.1 cm³/mol. The number of amides is 3. The van der Waals surface area contributed by atoms with Gasteiger partial charge >= 0.3 is 6.03 Å². The molecule has 1 aromatic rings. The van der Waals surface area contributed by atoms with E-state index in [4.69, 9.17) is 23.2 Å². The van der Waals surface area contributed by atoms with E-state index >= 15 is 0 Å². The van der Waals surface area contributed by atoms with Crippen LogP contribution in [0.15, 0.2) is 12.3 Å². The monoisotopic (exact) mass is 314 g/mol.